The molecule has 27 heavy (non-hydrogen) atoms. The Morgan fingerprint density at radius 1 is 0.889 bits per heavy atom. The third-order valence-corrected chi connectivity index (χ3v) is 4.78. The minimum atomic E-state index is 0.132. The molecule has 0 aliphatic heterocycles. The van der Waals surface area contributed by atoms with Crippen molar-refractivity contribution in [3.05, 3.63) is 54.1 Å². The Balaban J connectivity index is 1.92. The number of hydrogen-bond acceptors (Lipinski definition) is 3. The molecule has 148 valence electrons. The molecule has 0 bridgehead atoms. The lowest BCUT2D eigenvalue weighted by atomic mass is 9.98. The van der Waals surface area contributed by atoms with Crippen LogP contribution in [0.3, 0.4) is 0 Å². The van der Waals surface area contributed by atoms with E-state index in [-0.39, 0.29) is 6.10 Å². The Hall–Kier alpha value is -2.16. The summed E-state index contributed by atoms with van der Waals surface area (Å²) in [6, 6.07) is 16.6. The molecule has 3 nitrogen and oxygen atoms in total. The third kappa shape index (κ3) is 6.82. The maximum absolute atomic E-state index is 6.34. The van der Waals surface area contributed by atoms with Gasteiger partial charge in [-0.05, 0) is 60.6 Å². The van der Waals surface area contributed by atoms with E-state index in [0.717, 1.165) is 43.2 Å². The van der Waals surface area contributed by atoms with Crippen LogP contribution in [0.25, 0.3) is 0 Å². The summed E-state index contributed by atoms with van der Waals surface area (Å²) >= 11 is 0. The van der Waals surface area contributed by atoms with Gasteiger partial charge in [0.05, 0.1) is 13.2 Å². The summed E-state index contributed by atoms with van der Waals surface area (Å²) in [6.07, 6.45) is 2.20. The van der Waals surface area contributed by atoms with Crippen molar-refractivity contribution in [3.8, 4) is 11.5 Å². The highest BCUT2D eigenvalue weighted by Crippen LogP contribution is 2.29. The van der Waals surface area contributed by atoms with E-state index in [9.17, 15) is 0 Å². The lowest BCUT2D eigenvalue weighted by molar-refractivity contribution is 0.207. The first kappa shape index (κ1) is 21.1. The molecule has 0 aliphatic rings. The van der Waals surface area contributed by atoms with Crippen LogP contribution in [-0.2, 0) is 0 Å². The maximum atomic E-state index is 6.34. The quantitative estimate of drug-likeness (QED) is 0.490. The summed E-state index contributed by atoms with van der Waals surface area (Å²) in [5.74, 6) is 2.96. The predicted molar refractivity (Wildman–Crippen MR) is 115 cm³/mol. The summed E-state index contributed by atoms with van der Waals surface area (Å²) in [5, 5.41) is 3.49. The average molecular weight is 370 g/mol. The van der Waals surface area contributed by atoms with Crippen molar-refractivity contribution in [2.75, 3.05) is 18.5 Å². The van der Waals surface area contributed by atoms with Crippen LogP contribution < -0.4 is 14.8 Å². The molecule has 0 fully saturated rings. The van der Waals surface area contributed by atoms with E-state index in [2.05, 4.69) is 76.3 Å². The molecule has 2 rings (SSSR count). The highest BCUT2D eigenvalue weighted by molar-refractivity contribution is 5.46. The fourth-order valence-corrected chi connectivity index (χ4v) is 2.83. The fraction of sp³-hybridized carbons (Fsp3) is 0.500. The number of benzene rings is 2. The Kier molecular flexibility index (Phi) is 8.50. The normalized spacial score (nSPS) is 13.3. The van der Waals surface area contributed by atoms with Crippen LogP contribution in [0, 0.1) is 5.92 Å². The van der Waals surface area contributed by atoms with Crippen LogP contribution in [0.2, 0.25) is 0 Å². The van der Waals surface area contributed by atoms with Gasteiger partial charge in [0.1, 0.15) is 17.6 Å². The lowest BCUT2D eigenvalue weighted by Gasteiger charge is -2.22. The van der Waals surface area contributed by atoms with Crippen LogP contribution in [0.1, 0.15) is 58.9 Å². The zero-order chi connectivity index (χ0) is 19.6. The number of anilines is 1. The summed E-state index contributed by atoms with van der Waals surface area (Å²) in [6.45, 7) is 12.5. The molecule has 0 radical (unpaired) electrons. The van der Waals surface area contributed by atoms with Crippen LogP contribution in [0.5, 0.6) is 11.5 Å². The molecule has 0 aliphatic carbocycles. The van der Waals surface area contributed by atoms with Crippen LogP contribution in [0.15, 0.2) is 48.5 Å². The Morgan fingerprint density at radius 2 is 1.59 bits per heavy atom. The van der Waals surface area contributed by atoms with E-state index in [4.69, 9.17) is 9.47 Å². The summed E-state index contributed by atoms with van der Waals surface area (Å²) in [5.41, 5.74) is 2.38. The molecule has 3 heteroatoms. The van der Waals surface area contributed by atoms with E-state index >= 15 is 0 Å². The van der Waals surface area contributed by atoms with E-state index in [0.29, 0.717) is 11.8 Å². The van der Waals surface area contributed by atoms with Gasteiger partial charge in [0, 0.05) is 5.69 Å². The molecule has 1 N–H and O–H groups in total. The van der Waals surface area contributed by atoms with Crippen molar-refractivity contribution in [1.29, 1.82) is 0 Å². The Labute approximate surface area is 165 Å². The van der Waals surface area contributed by atoms with Crippen molar-refractivity contribution < 1.29 is 9.47 Å². The predicted octanol–water partition coefficient (Wildman–Crippen LogP) is 6.50. The first-order valence-electron chi connectivity index (χ1n) is 10.3. The van der Waals surface area contributed by atoms with Crippen molar-refractivity contribution in [3.63, 3.8) is 0 Å². The van der Waals surface area contributed by atoms with Crippen molar-refractivity contribution in [2.45, 2.75) is 59.5 Å². The second-order valence-electron chi connectivity index (χ2n) is 7.61. The number of nitrogens with one attached hydrogen (secondary N) is 1. The summed E-state index contributed by atoms with van der Waals surface area (Å²) in [4.78, 5) is 0. The van der Waals surface area contributed by atoms with Crippen LogP contribution in [-0.4, -0.2) is 19.3 Å². The molecule has 0 saturated carbocycles. The average Bonchev–Trinajstić information content (AvgIpc) is 2.70. The van der Waals surface area contributed by atoms with E-state index in [1.54, 1.807) is 0 Å². The van der Waals surface area contributed by atoms with Crippen molar-refractivity contribution >= 4 is 5.69 Å². The zero-order valence-electron chi connectivity index (χ0n) is 17.5. The van der Waals surface area contributed by atoms with Gasteiger partial charge in [-0.1, -0.05) is 52.8 Å². The largest absolute Gasteiger partial charge is 0.493 e. The van der Waals surface area contributed by atoms with Gasteiger partial charge in [-0.2, -0.15) is 0 Å². The smallest absolute Gasteiger partial charge is 0.123 e. The van der Waals surface area contributed by atoms with Crippen LogP contribution >= 0.6 is 0 Å². The first-order valence-corrected chi connectivity index (χ1v) is 10.3. The summed E-state index contributed by atoms with van der Waals surface area (Å²) < 4.78 is 12.1. The second-order valence-corrected chi connectivity index (χ2v) is 7.61. The van der Waals surface area contributed by atoms with Gasteiger partial charge in [-0.3, -0.25) is 0 Å². The van der Waals surface area contributed by atoms with Gasteiger partial charge in [0.2, 0.25) is 0 Å². The highest BCUT2D eigenvalue weighted by atomic mass is 16.5. The maximum Gasteiger partial charge on any atom is 0.123 e. The Morgan fingerprint density at radius 3 is 2.22 bits per heavy atom. The molecule has 0 saturated heterocycles. The monoisotopic (exact) mass is 369 g/mol. The van der Waals surface area contributed by atoms with Gasteiger partial charge in [0.15, 0.2) is 0 Å². The molecule has 0 heterocycles. The number of rotatable bonds is 11. The molecule has 0 amide bonds. The van der Waals surface area contributed by atoms with Crippen molar-refractivity contribution in [2.24, 2.45) is 5.92 Å². The molecule has 0 spiro atoms. The van der Waals surface area contributed by atoms with Gasteiger partial charge in [-0.25, -0.2) is 0 Å². The van der Waals surface area contributed by atoms with Gasteiger partial charge < -0.3 is 14.8 Å². The molecule has 0 aromatic heterocycles. The Bertz CT molecular complexity index is 666. The lowest BCUT2D eigenvalue weighted by Crippen LogP contribution is -2.26. The zero-order valence-corrected chi connectivity index (χ0v) is 17.5. The minimum Gasteiger partial charge on any atom is -0.493 e. The van der Waals surface area contributed by atoms with Crippen molar-refractivity contribution in [1.82, 2.24) is 0 Å². The van der Waals surface area contributed by atoms with E-state index in [1.807, 2.05) is 12.1 Å². The molecule has 2 unspecified atom stereocenters. The molecular weight excluding hydrogens is 334 g/mol. The number of hydrogen-bond donors (Lipinski definition) is 1. The van der Waals surface area contributed by atoms with E-state index < -0.39 is 0 Å². The third-order valence-electron chi connectivity index (χ3n) is 4.78. The van der Waals surface area contributed by atoms with Crippen LogP contribution in [0.4, 0.5) is 5.69 Å². The van der Waals surface area contributed by atoms with Gasteiger partial charge in [0.25, 0.3) is 0 Å². The number of para-hydroxylation sites is 1. The standard InChI is InChI=1S/C24H35NO2/c1-6-19(5)23-10-8-9-11-24(23)27-21(7-2)16-25-20-12-14-22(15-13-20)26-17-18(3)4/h8-15,18-19,21,25H,6-7,16-17H2,1-5H3. The fourth-order valence-electron chi connectivity index (χ4n) is 2.83. The molecule has 2 aromatic carbocycles. The molecular formula is C24H35NO2. The van der Waals surface area contributed by atoms with Gasteiger partial charge in [-0.15, -0.1) is 0 Å². The SMILES string of the molecule is CCC(CNc1ccc(OCC(C)C)cc1)Oc1ccccc1C(C)CC. The molecule has 2 aromatic rings. The van der Waals surface area contributed by atoms with Gasteiger partial charge >= 0.3 is 0 Å². The minimum absolute atomic E-state index is 0.132. The molecule has 2 atom stereocenters. The van der Waals surface area contributed by atoms with E-state index in [1.165, 1.54) is 5.56 Å². The first-order chi connectivity index (χ1) is 13.0. The summed E-state index contributed by atoms with van der Waals surface area (Å²) in [7, 11) is 0. The second kappa shape index (κ2) is 10.9. The number of ether oxygens (including phenoxy) is 2. The topological polar surface area (TPSA) is 30.5 Å². The highest BCUT2D eigenvalue weighted by Gasteiger charge is 2.14.